The molecule has 1 aromatic rings. The van der Waals surface area contributed by atoms with Crippen molar-refractivity contribution in [2.24, 2.45) is 23.7 Å². The number of ether oxygens (including phenoxy) is 1. The van der Waals surface area contributed by atoms with Crippen molar-refractivity contribution < 1.29 is 24.2 Å². The van der Waals surface area contributed by atoms with E-state index in [0.717, 1.165) is 49.0 Å². The van der Waals surface area contributed by atoms with Gasteiger partial charge in [-0.15, -0.1) is 11.3 Å². The fourth-order valence-corrected chi connectivity index (χ4v) is 6.29. The topological polar surface area (TPSA) is 95.5 Å². The summed E-state index contributed by atoms with van der Waals surface area (Å²) in [6, 6.07) is 0. The number of carboxylic acid groups (broad SMARTS) is 1. The number of esters is 1. The van der Waals surface area contributed by atoms with Gasteiger partial charge in [0.1, 0.15) is 5.00 Å². The number of hydrogen-bond acceptors (Lipinski definition) is 6. The van der Waals surface area contributed by atoms with E-state index in [0.29, 0.717) is 23.6 Å². The number of aliphatic carboxylic acids is 1. The predicted octanol–water partition coefficient (Wildman–Crippen LogP) is 2.71. The number of carbonyl (C=O) groups is 3. The molecule has 3 aliphatic carbocycles. The highest BCUT2D eigenvalue weighted by atomic mass is 32.1. The van der Waals surface area contributed by atoms with E-state index in [1.165, 1.54) is 11.3 Å². The molecule has 1 amide bonds. The second-order valence-electron chi connectivity index (χ2n) is 8.21. The van der Waals surface area contributed by atoms with E-state index in [-0.39, 0.29) is 17.7 Å². The molecule has 7 heteroatoms. The maximum Gasteiger partial charge on any atom is 0.341 e. The summed E-state index contributed by atoms with van der Waals surface area (Å²) in [4.78, 5) is 38.7. The van der Waals surface area contributed by atoms with Gasteiger partial charge < -0.3 is 20.0 Å². The highest BCUT2D eigenvalue weighted by molar-refractivity contribution is 7.17. The molecule has 6 nitrogen and oxygen atoms in total. The Labute approximate surface area is 174 Å². The van der Waals surface area contributed by atoms with Crippen LogP contribution in [0.5, 0.6) is 0 Å². The third kappa shape index (κ3) is 3.72. The quantitative estimate of drug-likeness (QED) is 0.437. The number of nitrogens with one attached hydrogen (secondary N) is 1. The van der Waals surface area contributed by atoms with Crippen LogP contribution in [-0.4, -0.2) is 24.5 Å². The van der Waals surface area contributed by atoms with Gasteiger partial charge in [-0.25, -0.2) is 4.79 Å². The standard InChI is InChI=1S/C22H27NO5S/c1-2-10-28-22(27)18-14-6-4-3-5-7-15(14)29-20(18)23-19(24)16-12-8-9-13(11-12)17(16)21(25)26/h8-9,12-13,16-17H,2-7,10-11H2,1H3,(H,23,24)(H,25,26)/p-1/t12-,13+,16+,17-/m0/s1. The van der Waals surface area contributed by atoms with Crippen molar-refractivity contribution in [3.05, 3.63) is 28.2 Å². The molecule has 1 saturated carbocycles. The van der Waals surface area contributed by atoms with Gasteiger partial charge in [-0.3, -0.25) is 4.79 Å². The van der Waals surface area contributed by atoms with Crippen LogP contribution in [0.3, 0.4) is 0 Å². The number of amides is 1. The van der Waals surface area contributed by atoms with Crippen molar-refractivity contribution in [2.45, 2.75) is 51.9 Å². The Morgan fingerprint density at radius 2 is 1.86 bits per heavy atom. The number of allylic oxidation sites excluding steroid dienone is 2. The molecule has 2 bridgehead atoms. The molecule has 0 radical (unpaired) electrons. The lowest BCUT2D eigenvalue weighted by Gasteiger charge is -2.27. The molecule has 0 unspecified atom stereocenters. The summed E-state index contributed by atoms with van der Waals surface area (Å²) in [6.07, 6.45) is 10.1. The number of aryl methyl sites for hydroxylation is 1. The van der Waals surface area contributed by atoms with Crippen LogP contribution in [0.15, 0.2) is 12.2 Å². The molecule has 0 saturated heterocycles. The second-order valence-corrected chi connectivity index (χ2v) is 9.32. The van der Waals surface area contributed by atoms with Gasteiger partial charge in [0.25, 0.3) is 0 Å². The molecule has 4 atom stereocenters. The van der Waals surface area contributed by atoms with E-state index >= 15 is 0 Å². The van der Waals surface area contributed by atoms with Crippen molar-refractivity contribution in [2.75, 3.05) is 11.9 Å². The van der Waals surface area contributed by atoms with E-state index in [1.807, 2.05) is 19.1 Å². The third-order valence-corrected chi connectivity index (χ3v) is 7.54. The van der Waals surface area contributed by atoms with Gasteiger partial charge in [-0.05, 0) is 55.9 Å². The van der Waals surface area contributed by atoms with Gasteiger partial charge in [-0.1, -0.05) is 25.5 Å². The number of fused-ring (bicyclic) bond motifs is 3. The largest absolute Gasteiger partial charge is 0.550 e. The molecule has 3 aliphatic rings. The summed E-state index contributed by atoms with van der Waals surface area (Å²) in [7, 11) is 0. The van der Waals surface area contributed by atoms with Gasteiger partial charge in [0, 0.05) is 16.8 Å². The van der Waals surface area contributed by atoms with Crippen LogP contribution < -0.4 is 10.4 Å². The molecular weight excluding hydrogens is 390 g/mol. The number of anilines is 1. The maximum absolute atomic E-state index is 13.1. The molecule has 0 aliphatic heterocycles. The third-order valence-electron chi connectivity index (χ3n) is 6.33. The van der Waals surface area contributed by atoms with Crippen LogP contribution in [0.2, 0.25) is 0 Å². The molecule has 156 valence electrons. The lowest BCUT2D eigenvalue weighted by atomic mass is 9.82. The first kappa shape index (κ1) is 20.1. The van der Waals surface area contributed by atoms with Crippen molar-refractivity contribution in [3.8, 4) is 0 Å². The van der Waals surface area contributed by atoms with E-state index in [4.69, 9.17) is 4.74 Å². The average molecular weight is 417 g/mol. The van der Waals surface area contributed by atoms with Crippen LogP contribution in [-0.2, 0) is 27.2 Å². The summed E-state index contributed by atoms with van der Waals surface area (Å²) in [5.41, 5.74) is 1.46. The summed E-state index contributed by atoms with van der Waals surface area (Å²) in [5.74, 6) is -3.60. The number of carboxylic acids is 1. The zero-order chi connectivity index (χ0) is 20.5. The van der Waals surface area contributed by atoms with Gasteiger partial charge in [0.15, 0.2) is 0 Å². The van der Waals surface area contributed by atoms with Gasteiger partial charge in [-0.2, -0.15) is 0 Å². The van der Waals surface area contributed by atoms with Crippen molar-refractivity contribution >= 4 is 34.2 Å². The normalized spacial score (nSPS) is 27.3. The fraction of sp³-hybridized carbons (Fsp3) is 0.591. The molecule has 1 fully saturated rings. The van der Waals surface area contributed by atoms with Crippen LogP contribution >= 0.6 is 11.3 Å². The summed E-state index contributed by atoms with van der Waals surface area (Å²) < 4.78 is 5.40. The zero-order valence-electron chi connectivity index (χ0n) is 16.6. The summed E-state index contributed by atoms with van der Waals surface area (Å²) in [6.45, 7) is 2.27. The van der Waals surface area contributed by atoms with E-state index in [9.17, 15) is 19.5 Å². The zero-order valence-corrected chi connectivity index (χ0v) is 17.4. The Balaban J connectivity index is 1.62. The van der Waals surface area contributed by atoms with Crippen LogP contribution in [0, 0.1) is 23.7 Å². The Morgan fingerprint density at radius 3 is 2.59 bits per heavy atom. The van der Waals surface area contributed by atoms with Crippen LogP contribution in [0.25, 0.3) is 0 Å². The minimum Gasteiger partial charge on any atom is -0.550 e. The number of rotatable bonds is 6. The number of carbonyl (C=O) groups excluding carboxylic acids is 3. The maximum atomic E-state index is 13.1. The first-order valence-corrected chi connectivity index (χ1v) is 11.3. The van der Waals surface area contributed by atoms with Crippen LogP contribution in [0.4, 0.5) is 5.00 Å². The second kappa shape index (κ2) is 8.30. The first-order chi connectivity index (χ1) is 14.0. The predicted molar refractivity (Wildman–Crippen MR) is 108 cm³/mol. The molecular formula is C22H26NO5S-. The lowest BCUT2D eigenvalue weighted by Crippen LogP contribution is -2.42. The summed E-state index contributed by atoms with van der Waals surface area (Å²) in [5, 5.41) is 15.1. The Bertz CT molecular complexity index is 858. The molecule has 4 rings (SSSR count). The van der Waals surface area contributed by atoms with Crippen molar-refractivity contribution in [1.82, 2.24) is 0 Å². The Kier molecular flexibility index (Phi) is 5.76. The molecule has 0 spiro atoms. The van der Waals surface area contributed by atoms with Gasteiger partial charge in [0.05, 0.1) is 18.1 Å². The lowest BCUT2D eigenvalue weighted by molar-refractivity contribution is -0.313. The average Bonchev–Trinajstić information content (AvgIpc) is 3.35. The molecule has 0 aromatic carbocycles. The minimum absolute atomic E-state index is 0.0869. The van der Waals surface area contributed by atoms with E-state index in [2.05, 4.69) is 5.32 Å². The van der Waals surface area contributed by atoms with Gasteiger partial charge >= 0.3 is 5.97 Å². The molecule has 29 heavy (non-hydrogen) atoms. The highest BCUT2D eigenvalue weighted by Crippen LogP contribution is 2.48. The van der Waals surface area contributed by atoms with Gasteiger partial charge in [0.2, 0.25) is 5.91 Å². The fourth-order valence-electron chi connectivity index (χ4n) is 5.01. The molecule has 1 N–H and O–H groups in total. The van der Waals surface area contributed by atoms with E-state index < -0.39 is 23.8 Å². The smallest absolute Gasteiger partial charge is 0.341 e. The SMILES string of the molecule is CCCOC(=O)c1c(NC(=O)[C@H]2[C@@H](C(=O)[O-])[C@@H]3C=C[C@H]2C3)sc2c1CCCCC2. The molecule has 1 aromatic heterocycles. The van der Waals surface area contributed by atoms with Crippen molar-refractivity contribution in [1.29, 1.82) is 0 Å². The highest BCUT2D eigenvalue weighted by Gasteiger charge is 2.49. The summed E-state index contributed by atoms with van der Waals surface area (Å²) >= 11 is 1.44. The van der Waals surface area contributed by atoms with E-state index in [1.54, 1.807) is 0 Å². The first-order valence-electron chi connectivity index (χ1n) is 10.5. The Hall–Kier alpha value is -2.15. The van der Waals surface area contributed by atoms with Crippen LogP contribution in [0.1, 0.15) is 59.8 Å². The monoisotopic (exact) mass is 416 g/mol. The Morgan fingerprint density at radius 1 is 1.14 bits per heavy atom. The van der Waals surface area contributed by atoms with Crippen molar-refractivity contribution in [3.63, 3.8) is 0 Å². The molecule has 1 heterocycles. The number of thiophene rings is 1. The minimum atomic E-state index is -1.17. The number of hydrogen-bond donors (Lipinski definition) is 1.